The van der Waals surface area contributed by atoms with Crippen molar-refractivity contribution in [2.75, 3.05) is 5.32 Å². The summed E-state index contributed by atoms with van der Waals surface area (Å²) in [6.45, 7) is 0. The summed E-state index contributed by atoms with van der Waals surface area (Å²) in [5, 5.41) is 8.09. The van der Waals surface area contributed by atoms with Gasteiger partial charge in [0.15, 0.2) is 5.11 Å². The van der Waals surface area contributed by atoms with Gasteiger partial charge in [0.05, 0.1) is 5.71 Å². The number of nitrogens with zero attached hydrogens (tertiary/aromatic N) is 1. The van der Waals surface area contributed by atoms with Crippen molar-refractivity contribution >= 4 is 28.7 Å². The van der Waals surface area contributed by atoms with Crippen molar-refractivity contribution in [1.82, 2.24) is 5.43 Å². The number of benzene rings is 3. The van der Waals surface area contributed by atoms with Gasteiger partial charge in [0.2, 0.25) is 0 Å². The summed E-state index contributed by atoms with van der Waals surface area (Å²) < 4.78 is 0. The molecule has 0 bridgehead atoms. The number of hydrazone groups is 1. The molecule has 0 spiro atoms. The van der Waals surface area contributed by atoms with Crippen LogP contribution in [0.3, 0.4) is 0 Å². The standard InChI is InChI=1S/C20H17N3S/c24-20(21-18-14-8-3-9-15-18)23-22-19(16-10-4-1-5-11-16)17-12-6-2-7-13-17/h1-15H,(H2,21,23,24). The maximum Gasteiger partial charge on any atom is 0.191 e. The second kappa shape index (κ2) is 8.04. The molecule has 24 heavy (non-hydrogen) atoms. The van der Waals surface area contributed by atoms with Gasteiger partial charge in [-0.1, -0.05) is 78.9 Å². The van der Waals surface area contributed by atoms with E-state index < -0.39 is 0 Å². The van der Waals surface area contributed by atoms with Gasteiger partial charge in [-0.15, -0.1) is 0 Å². The highest BCUT2D eigenvalue weighted by Gasteiger charge is 2.06. The second-order valence-electron chi connectivity index (χ2n) is 5.12. The number of hydrogen-bond acceptors (Lipinski definition) is 2. The summed E-state index contributed by atoms with van der Waals surface area (Å²) in [5.74, 6) is 0. The fraction of sp³-hybridized carbons (Fsp3) is 0. The van der Waals surface area contributed by atoms with Crippen molar-refractivity contribution in [3.05, 3.63) is 102 Å². The quantitative estimate of drug-likeness (QED) is 0.422. The molecular formula is C20H17N3S. The monoisotopic (exact) mass is 331 g/mol. The van der Waals surface area contributed by atoms with E-state index in [0.717, 1.165) is 22.5 Å². The molecule has 0 saturated carbocycles. The lowest BCUT2D eigenvalue weighted by Gasteiger charge is -2.10. The molecule has 3 rings (SSSR count). The Morgan fingerprint density at radius 1 is 0.667 bits per heavy atom. The summed E-state index contributed by atoms with van der Waals surface area (Å²) in [5.41, 5.74) is 6.75. The van der Waals surface area contributed by atoms with Gasteiger partial charge in [0, 0.05) is 16.8 Å². The molecule has 118 valence electrons. The van der Waals surface area contributed by atoms with E-state index in [0.29, 0.717) is 5.11 Å². The molecule has 0 unspecified atom stereocenters. The third-order valence-electron chi connectivity index (χ3n) is 3.40. The third kappa shape index (κ3) is 4.27. The van der Waals surface area contributed by atoms with E-state index in [1.54, 1.807) is 0 Å². The van der Waals surface area contributed by atoms with Crippen LogP contribution in [0.5, 0.6) is 0 Å². The maximum atomic E-state index is 5.33. The van der Waals surface area contributed by atoms with Gasteiger partial charge in [-0.25, -0.2) is 0 Å². The summed E-state index contributed by atoms with van der Waals surface area (Å²) in [6.07, 6.45) is 0. The molecule has 3 aromatic rings. The molecule has 4 heteroatoms. The van der Waals surface area contributed by atoms with Gasteiger partial charge in [0.1, 0.15) is 0 Å². The fourth-order valence-corrected chi connectivity index (χ4v) is 2.44. The highest BCUT2D eigenvalue weighted by molar-refractivity contribution is 7.80. The molecule has 3 nitrogen and oxygen atoms in total. The minimum atomic E-state index is 0.450. The van der Waals surface area contributed by atoms with Crippen LogP contribution in [0.15, 0.2) is 96.1 Å². The Kier molecular flexibility index (Phi) is 5.32. The van der Waals surface area contributed by atoms with Crippen molar-refractivity contribution in [3.63, 3.8) is 0 Å². The zero-order valence-corrected chi connectivity index (χ0v) is 13.8. The van der Waals surface area contributed by atoms with E-state index in [9.17, 15) is 0 Å². The molecule has 2 N–H and O–H groups in total. The number of nitrogens with one attached hydrogen (secondary N) is 2. The molecule has 0 aliphatic heterocycles. The Bertz CT molecular complexity index is 774. The number of thiocarbonyl (C=S) groups is 1. The molecule has 0 aromatic heterocycles. The average Bonchev–Trinajstić information content (AvgIpc) is 2.64. The van der Waals surface area contributed by atoms with Gasteiger partial charge in [-0.2, -0.15) is 5.10 Å². The summed E-state index contributed by atoms with van der Waals surface area (Å²) >= 11 is 5.33. The van der Waals surface area contributed by atoms with E-state index >= 15 is 0 Å². The van der Waals surface area contributed by atoms with Crippen molar-refractivity contribution < 1.29 is 0 Å². The molecule has 0 saturated heterocycles. The first-order valence-electron chi connectivity index (χ1n) is 7.63. The Morgan fingerprint density at radius 2 is 1.12 bits per heavy atom. The van der Waals surface area contributed by atoms with Crippen molar-refractivity contribution in [2.45, 2.75) is 0 Å². The normalized spacial score (nSPS) is 9.83. The van der Waals surface area contributed by atoms with E-state index in [2.05, 4.69) is 15.8 Å². The minimum absolute atomic E-state index is 0.450. The van der Waals surface area contributed by atoms with Crippen LogP contribution in [0.4, 0.5) is 5.69 Å². The fourth-order valence-electron chi connectivity index (χ4n) is 2.28. The molecule has 3 aromatic carbocycles. The molecule has 0 aliphatic carbocycles. The number of anilines is 1. The van der Waals surface area contributed by atoms with Gasteiger partial charge >= 0.3 is 0 Å². The van der Waals surface area contributed by atoms with Gasteiger partial charge in [0.25, 0.3) is 0 Å². The van der Waals surface area contributed by atoms with Crippen LogP contribution in [0.1, 0.15) is 11.1 Å². The first kappa shape index (κ1) is 15.9. The smallest absolute Gasteiger partial charge is 0.191 e. The van der Waals surface area contributed by atoms with E-state index in [1.165, 1.54) is 0 Å². The van der Waals surface area contributed by atoms with Gasteiger partial charge < -0.3 is 5.32 Å². The molecule has 0 radical (unpaired) electrons. The largest absolute Gasteiger partial charge is 0.331 e. The summed E-state index contributed by atoms with van der Waals surface area (Å²) in [4.78, 5) is 0. The molecule has 0 fully saturated rings. The Labute approximate surface area is 147 Å². The lowest BCUT2D eigenvalue weighted by Crippen LogP contribution is -2.25. The van der Waals surface area contributed by atoms with Crippen LogP contribution >= 0.6 is 12.2 Å². The highest BCUT2D eigenvalue weighted by atomic mass is 32.1. The SMILES string of the molecule is S=C(NN=C(c1ccccc1)c1ccccc1)Nc1ccccc1. The summed E-state index contributed by atoms with van der Waals surface area (Å²) in [7, 11) is 0. The Hall–Kier alpha value is -2.98. The van der Waals surface area contributed by atoms with Gasteiger partial charge in [-0.3, -0.25) is 5.43 Å². The lowest BCUT2D eigenvalue weighted by atomic mass is 10.0. The number of hydrogen-bond donors (Lipinski definition) is 2. The molecule has 0 heterocycles. The summed E-state index contributed by atoms with van der Waals surface area (Å²) in [6, 6.07) is 29.8. The van der Waals surface area contributed by atoms with Crippen LogP contribution in [-0.4, -0.2) is 10.8 Å². The van der Waals surface area contributed by atoms with Crippen LogP contribution in [0.2, 0.25) is 0 Å². The first-order chi connectivity index (χ1) is 11.8. The lowest BCUT2D eigenvalue weighted by molar-refractivity contribution is 1.04. The topological polar surface area (TPSA) is 36.4 Å². The molecule has 0 aliphatic rings. The van der Waals surface area contributed by atoms with Crippen molar-refractivity contribution in [2.24, 2.45) is 5.10 Å². The minimum Gasteiger partial charge on any atom is -0.331 e. The van der Waals surface area contributed by atoms with Gasteiger partial charge in [-0.05, 0) is 24.4 Å². The van der Waals surface area contributed by atoms with E-state index in [-0.39, 0.29) is 0 Å². The molecular weight excluding hydrogens is 314 g/mol. The van der Waals surface area contributed by atoms with Crippen molar-refractivity contribution in [3.8, 4) is 0 Å². The average molecular weight is 331 g/mol. The first-order valence-corrected chi connectivity index (χ1v) is 8.04. The van der Waals surface area contributed by atoms with Crippen LogP contribution in [0, 0.1) is 0 Å². The van der Waals surface area contributed by atoms with Crippen molar-refractivity contribution in [1.29, 1.82) is 0 Å². The molecule has 0 amide bonds. The van der Waals surface area contributed by atoms with E-state index in [4.69, 9.17) is 12.2 Å². The number of para-hydroxylation sites is 1. The number of rotatable bonds is 4. The Balaban J connectivity index is 1.81. The molecule has 0 atom stereocenters. The predicted molar refractivity (Wildman–Crippen MR) is 104 cm³/mol. The maximum absolute atomic E-state index is 5.33. The van der Waals surface area contributed by atoms with E-state index in [1.807, 2.05) is 91.0 Å². The highest BCUT2D eigenvalue weighted by Crippen LogP contribution is 2.10. The zero-order chi connectivity index (χ0) is 16.6. The predicted octanol–water partition coefficient (Wildman–Crippen LogP) is 4.43. The zero-order valence-electron chi connectivity index (χ0n) is 13.0. The van der Waals surface area contributed by atoms with Crippen LogP contribution < -0.4 is 10.7 Å². The Morgan fingerprint density at radius 3 is 1.62 bits per heavy atom. The van der Waals surface area contributed by atoms with Crippen LogP contribution in [-0.2, 0) is 0 Å². The third-order valence-corrected chi connectivity index (χ3v) is 3.59. The van der Waals surface area contributed by atoms with Crippen LogP contribution in [0.25, 0.3) is 0 Å². The second-order valence-corrected chi connectivity index (χ2v) is 5.53.